The van der Waals surface area contributed by atoms with Crippen molar-refractivity contribution in [1.29, 1.82) is 0 Å². The number of nitrogens with zero attached hydrogens (tertiary/aromatic N) is 3. The van der Waals surface area contributed by atoms with Gasteiger partial charge in [0.2, 0.25) is 0 Å². The lowest BCUT2D eigenvalue weighted by molar-refractivity contribution is 1.18. The number of para-hydroxylation sites is 3. The van der Waals surface area contributed by atoms with Crippen LogP contribution in [0.4, 0.5) is 17.1 Å². The van der Waals surface area contributed by atoms with Crippen molar-refractivity contribution >= 4 is 60.5 Å². The van der Waals surface area contributed by atoms with Gasteiger partial charge < -0.3 is 9.47 Å². The maximum atomic E-state index is 5.38. The molecule has 0 saturated heterocycles. The van der Waals surface area contributed by atoms with E-state index in [0.717, 1.165) is 50.3 Å². The Labute approximate surface area is 337 Å². The van der Waals surface area contributed by atoms with E-state index in [2.05, 4.69) is 234 Å². The molecule has 0 atom stereocenters. The van der Waals surface area contributed by atoms with Crippen LogP contribution in [0.25, 0.3) is 82.7 Å². The van der Waals surface area contributed by atoms with Gasteiger partial charge in [-0.2, -0.15) is 0 Å². The zero-order valence-electron chi connectivity index (χ0n) is 31.7. The molecule has 0 fully saturated rings. The van der Waals surface area contributed by atoms with Crippen molar-refractivity contribution in [3.05, 3.63) is 224 Å². The Balaban J connectivity index is 1.08. The Morgan fingerprint density at radius 1 is 0.328 bits per heavy atom. The van der Waals surface area contributed by atoms with Gasteiger partial charge in [0.15, 0.2) is 0 Å². The molecule has 0 saturated carbocycles. The Hall–Kier alpha value is -7.75. The highest BCUT2D eigenvalue weighted by Crippen LogP contribution is 2.43. The summed E-state index contributed by atoms with van der Waals surface area (Å²) in [5, 5.41) is 6.00. The third kappa shape index (κ3) is 5.72. The molecule has 272 valence electrons. The van der Waals surface area contributed by atoms with Crippen molar-refractivity contribution in [1.82, 2.24) is 9.55 Å². The number of hydrogen-bond acceptors (Lipinski definition) is 2. The molecule has 0 aliphatic rings. The van der Waals surface area contributed by atoms with Gasteiger partial charge in [0, 0.05) is 55.2 Å². The van der Waals surface area contributed by atoms with E-state index in [1.807, 2.05) is 0 Å². The summed E-state index contributed by atoms with van der Waals surface area (Å²) in [6.07, 6.45) is 0. The maximum Gasteiger partial charge on any atom is 0.0788 e. The van der Waals surface area contributed by atoms with Gasteiger partial charge in [0.05, 0.1) is 22.2 Å². The standard InChI is InChI=1S/C55H37N3/c1-4-15-38(16-5-1)40-27-31-44(32-28-40)57(46-22-14-19-42(37-46)39-17-6-2-7-18-39)45-33-29-41(30-34-45)55-49-35-36-52-54(53(49)47-23-10-12-25-50(47)56-55)48-24-11-13-26-51(48)58(52)43-20-8-3-9-21-43/h1-37H. The summed E-state index contributed by atoms with van der Waals surface area (Å²) in [6, 6.07) is 80.3. The lowest BCUT2D eigenvalue weighted by Crippen LogP contribution is -2.10. The van der Waals surface area contributed by atoms with Crippen LogP contribution in [-0.2, 0) is 0 Å². The molecule has 2 heterocycles. The van der Waals surface area contributed by atoms with Crippen LogP contribution in [0, 0.1) is 0 Å². The van der Waals surface area contributed by atoms with Crippen molar-refractivity contribution in [2.24, 2.45) is 0 Å². The van der Waals surface area contributed by atoms with Crippen LogP contribution < -0.4 is 4.90 Å². The summed E-state index contributed by atoms with van der Waals surface area (Å²) >= 11 is 0. The summed E-state index contributed by atoms with van der Waals surface area (Å²) in [4.78, 5) is 7.73. The molecule has 0 spiro atoms. The normalized spacial score (nSPS) is 11.4. The highest BCUT2D eigenvalue weighted by atomic mass is 15.1. The van der Waals surface area contributed by atoms with Crippen LogP contribution in [0.3, 0.4) is 0 Å². The fourth-order valence-corrected chi connectivity index (χ4v) is 8.68. The topological polar surface area (TPSA) is 21.1 Å². The minimum absolute atomic E-state index is 0.975. The molecular formula is C55H37N3. The molecule has 0 radical (unpaired) electrons. The van der Waals surface area contributed by atoms with Crippen LogP contribution in [0.5, 0.6) is 0 Å². The van der Waals surface area contributed by atoms with Crippen molar-refractivity contribution < 1.29 is 0 Å². The summed E-state index contributed by atoms with van der Waals surface area (Å²) < 4.78 is 2.39. The molecular weight excluding hydrogens is 703 g/mol. The molecule has 9 aromatic carbocycles. The second-order valence-corrected chi connectivity index (χ2v) is 14.8. The molecule has 0 aliphatic heterocycles. The quantitative estimate of drug-likeness (QED) is 0.152. The van der Waals surface area contributed by atoms with Gasteiger partial charge >= 0.3 is 0 Å². The van der Waals surface area contributed by atoms with E-state index in [0.29, 0.717) is 0 Å². The number of benzene rings is 9. The maximum absolute atomic E-state index is 5.38. The first-order valence-electron chi connectivity index (χ1n) is 19.8. The van der Waals surface area contributed by atoms with E-state index in [1.54, 1.807) is 0 Å². The van der Waals surface area contributed by atoms with Crippen molar-refractivity contribution in [2.75, 3.05) is 4.90 Å². The first-order chi connectivity index (χ1) is 28.8. The summed E-state index contributed by atoms with van der Waals surface area (Å²) in [7, 11) is 0. The molecule has 3 heteroatoms. The van der Waals surface area contributed by atoms with Crippen LogP contribution in [0.15, 0.2) is 224 Å². The van der Waals surface area contributed by atoms with Gasteiger partial charge in [-0.1, -0.05) is 158 Å². The van der Waals surface area contributed by atoms with Crippen molar-refractivity contribution in [2.45, 2.75) is 0 Å². The predicted molar refractivity (Wildman–Crippen MR) is 245 cm³/mol. The smallest absolute Gasteiger partial charge is 0.0788 e. The van der Waals surface area contributed by atoms with Crippen LogP contribution >= 0.6 is 0 Å². The Morgan fingerprint density at radius 3 is 1.59 bits per heavy atom. The molecule has 0 unspecified atom stereocenters. The molecule has 3 nitrogen and oxygen atoms in total. The van der Waals surface area contributed by atoms with E-state index in [4.69, 9.17) is 4.98 Å². The van der Waals surface area contributed by atoms with Gasteiger partial charge in [-0.25, -0.2) is 4.98 Å². The molecule has 0 aliphatic carbocycles. The fraction of sp³-hybridized carbons (Fsp3) is 0. The molecule has 0 amide bonds. The Kier molecular flexibility index (Phi) is 8.15. The summed E-state index contributed by atoms with van der Waals surface area (Å²) in [5.74, 6) is 0. The molecule has 0 N–H and O–H groups in total. The molecule has 2 aromatic heterocycles. The molecule has 11 rings (SSSR count). The number of anilines is 3. The van der Waals surface area contributed by atoms with Gasteiger partial charge in [0.1, 0.15) is 0 Å². The predicted octanol–water partition coefficient (Wildman–Crippen LogP) is 15.0. The average molecular weight is 740 g/mol. The van der Waals surface area contributed by atoms with Crippen molar-refractivity contribution in [3.8, 4) is 39.2 Å². The largest absolute Gasteiger partial charge is 0.310 e. The van der Waals surface area contributed by atoms with E-state index in [-0.39, 0.29) is 0 Å². The van der Waals surface area contributed by atoms with Gasteiger partial charge in [-0.15, -0.1) is 0 Å². The number of rotatable bonds is 7. The average Bonchev–Trinajstić information content (AvgIpc) is 3.65. The third-order valence-corrected chi connectivity index (χ3v) is 11.4. The van der Waals surface area contributed by atoms with Crippen LogP contribution in [0.2, 0.25) is 0 Å². The first-order valence-corrected chi connectivity index (χ1v) is 19.8. The molecule has 58 heavy (non-hydrogen) atoms. The fourth-order valence-electron chi connectivity index (χ4n) is 8.68. The lowest BCUT2D eigenvalue weighted by atomic mass is 9.96. The first kappa shape index (κ1) is 33.6. The van der Waals surface area contributed by atoms with Crippen LogP contribution in [0.1, 0.15) is 0 Å². The second-order valence-electron chi connectivity index (χ2n) is 14.8. The molecule has 0 bridgehead atoms. The highest BCUT2D eigenvalue weighted by Gasteiger charge is 2.20. The number of fused-ring (bicyclic) bond motifs is 7. The van der Waals surface area contributed by atoms with Crippen molar-refractivity contribution in [3.63, 3.8) is 0 Å². The number of pyridine rings is 1. The zero-order chi connectivity index (χ0) is 38.4. The SMILES string of the molecule is c1ccc(-c2ccc(N(c3ccc(-c4nc5ccccc5c5c4ccc4c5c5ccccc5n4-c4ccccc4)cc3)c3cccc(-c4ccccc4)c3)cc2)cc1. The molecule has 11 aromatic rings. The minimum atomic E-state index is 0.975. The van der Waals surface area contributed by atoms with E-state index in [1.165, 1.54) is 49.4 Å². The Bertz CT molecular complexity index is 3240. The highest BCUT2D eigenvalue weighted by molar-refractivity contribution is 6.29. The van der Waals surface area contributed by atoms with Gasteiger partial charge in [-0.3, -0.25) is 0 Å². The van der Waals surface area contributed by atoms with Gasteiger partial charge in [0.25, 0.3) is 0 Å². The second kappa shape index (κ2) is 14.1. The number of aromatic nitrogens is 2. The lowest BCUT2D eigenvalue weighted by Gasteiger charge is -2.26. The summed E-state index contributed by atoms with van der Waals surface area (Å²) in [5.41, 5.74) is 14.6. The van der Waals surface area contributed by atoms with Gasteiger partial charge in [-0.05, 0) is 89.0 Å². The Morgan fingerprint density at radius 2 is 0.879 bits per heavy atom. The number of hydrogen-bond donors (Lipinski definition) is 0. The van der Waals surface area contributed by atoms with Crippen LogP contribution in [-0.4, -0.2) is 9.55 Å². The summed E-state index contributed by atoms with van der Waals surface area (Å²) in [6.45, 7) is 0. The zero-order valence-corrected chi connectivity index (χ0v) is 31.7. The van der Waals surface area contributed by atoms with E-state index in [9.17, 15) is 0 Å². The van der Waals surface area contributed by atoms with E-state index >= 15 is 0 Å². The minimum Gasteiger partial charge on any atom is -0.310 e. The monoisotopic (exact) mass is 739 g/mol. The van der Waals surface area contributed by atoms with E-state index < -0.39 is 0 Å². The third-order valence-electron chi connectivity index (χ3n) is 11.4.